The van der Waals surface area contributed by atoms with E-state index in [0.29, 0.717) is 18.3 Å². The van der Waals surface area contributed by atoms with E-state index in [1.165, 1.54) is 0 Å². The zero-order valence-electron chi connectivity index (χ0n) is 7.92. The van der Waals surface area contributed by atoms with Crippen molar-refractivity contribution in [1.82, 2.24) is 5.06 Å². The Morgan fingerprint density at radius 1 is 1.58 bits per heavy atom. The van der Waals surface area contributed by atoms with Gasteiger partial charge in [0.05, 0.1) is 13.3 Å². The number of alkyl halides is 1. The highest BCUT2D eigenvalue weighted by molar-refractivity contribution is 4.69. The Kier molecular flexibility index (Phi) is 3.95. The highest BCUT2D eigenvalue weighted by Crippen LogP contribution is 2.19. The third-order valence-corrected chi connectivity index (χ3v) is 2.39. The summed E-state index contributed by atoms with van der Waals surface area (Å²) in [5, 5.41) is 1.89. The Hall–Kier alpha value is -0.150. The van der Waals surface area contributed by atoms with Crippen molar-refractivity contribution in [3.63, 3.8) is 0 Å². The molecule has 1 fully saturated rings. The van der Waals surface area contributed by atoms with Crippen LogP contribution in [0.2, 0.25) is 0 Å². The molecule has 0 amide bonds. The lowest BCUT2D eigenvalue weighted by Gasteiger charge is -2.13. The van der Waals surface area contributed by atoms with Gasteiger partial charge in [-0.25, -0.2) is 0 Å². The third kappa shape index (κ3) is 2.72. The molecule has 0 saturated carbocycles. The van der Waals surface area contributed by atoms with Crippen molar-refractivity contribution < 1.29 is 9.23 Å². The minimum atomic E-state index is -0.244. The molecule has 0 aromatic carbocycles. The van der Waals surface area contributed by atoms with Crippen LogP contribution < -0.4 is 0 Å². The minimum absolute atomic E-state index is 0.244. The number of halogens is 1. The largest absolute Gasteiger partial charge is 0.299 e. The molecule has 2 nitrogen and oxygen atoms in total. The van der Waals surface area contributed by atoms with Crippen molar-refractivity contribution in [2.45, 2.75) is 20.3 Å². The molecule has 1 atom stereocenters. The second-order valence-corrected chi connectivity index (χ2v) is 3.73. The summed E-state index contributed by atoms with van der Waals surface area (Å²) in [5.41, 5.74) is 0. The van der Waals surface area contributed by atoms with Gasteiger partial charge in [0.15, 0.2) is 0 Å². The highest BCUT2D eigenvalue weighted by Gasteiger charge is 2.25. The summed E-state index contributed by atoms with van der Waals surface area (Å²) < 4.78 is 11.8. The van der Waals surface area contributed by atoms with E-state index in [-0.39, 0.29) is 6.67 Å². The SMILES string of the molecule is CC(C)C1CON(CCCF)C1. The van der Waals surface area contributed by atoms with Gasteiger partial charge in [0.2, 0.25) is 0 Å². The van der Waals surface area contributed by atoms with E-state index in [2.05, 4.69) is 13.8 Å². The molecule has 0 aliphatic carbocycles. The molecule has 1 aliphatic heterocycles. The van der Waals surface area contributed by atoms with Crippen molar-refractivity contribution in [3.8, 4) is 0 Å². The number of hydrogen-bond donors (Lipinski definition) is 0. The van der Waals surface area contributed by atoms with Crippen LogP contribution in [-0.4, -0.2) is 31.4 Å². The van der Waals surface area contributed by atoms with E-state index < -0.39 is 0 Å². The molecule has 1 rings (SSSR count). The molecule has 1 saturated heterocycles. The first-order valence-electron chi connectivity index (χ1n) is 4.68. The Balaban J connectivity index is 2.17. The molecule has 12 heavy (non-hydrogen) atoms. The Morgan fingerprint density at radius 3 is 2.83 bits per heavy atom. The maximum absolute atomic E-state index is 11.8. The molecule has 0 radical (unpaired) electrons. The molecule has 72 valence electrons. The van der Waals surface area contributed by atoms with Crippen molar-refractivity contribution >= 4 is 0 Å². The summed E-state index contributed by atoms with van der Waals surface area (Å²) in [5.74, 6) is 1.30. The lowest BCUT2D eigenvalue weighted by Crippen LogP contribution is -2.22. The summed E-state index contributed by atoms with van der Waals surface area (Å²) in [7, 11) is 0. The Morgan fingerprint density at radius 2 is 2.33 bits per heavy atom. The summed E-state index contributed by atoms with van der Waals surface area (Å²) in [6.45, 7) is 6.67. The molecule has 0 N–H and O–H groups in total. The zero-order chi connectivity index (χ0) is 8.97. The number of rotatable bonds is 4. The molecule has 0 bridgehead atoms. The van der Waals surface area contributed by atoms with Gasteiger partial charge in [0, 0.05) is 19.0 Å². The van der Waals surface area contributed by atoms with Gasteiger partial charge in [-0.15, -0.1) is 0 Å². The first kappa shape index (κ1) is 9.93. The van der Waals surface area contributed by atoms with Crippen LogP contribution in [0.3, 0.4) is 0 Å². The monoisotopic (exact) mass is 175 g/mol. The minimum Gasteiger partial charge on any atom is -0.299 e. The zero-order valence-corrected chi connectivity index (χ0v) is 7.92. The lowest BCUT2D eigenvalue weighted by atomic mass is 9.98. The van der Waals surface area contributed by atoms with Crippen LogP contribution in [0.4, 0.5) is 4.39 Å². The average molecular weight is 175 g/mol. The normalized spacial score (nSPS) is 25.5. The van der Waals surface area contributed by atoms with Gasteiger partial charge in [0.25, 0.3) is 0 Å². The van der Waals surface area contributed by atoms with E-state index in [1.54, 1.807) is 0 Å². The second kappa shape index (κ2) is 4.77. The van der Waals surface area contributed by atoms with E-state index in [4.69, 9.17) is 4.84 Å². The lowest BCUT2D eigenvalue weighted by molar-refractivity contribution is -0.111. The molecule has 3 heteroatoms. The van der Waals surface area contributed by atoms with Gasteiger partial charge in [0.1, 0.15) is 0 Å². The molecule has 0 aromatic rings. The van der Waals surface area contributed by atoms with Crippen molar-refractivity contribution in [1.29, 1.82) is 0 Å². The molecular weight excluding hydrogens is 157 g/mol. The first-order valence-corrected chi connectivity index (χ1v) is 4.68. The summed E-state index contributed by atoms with van der Waals surface area (Å²) in [6, 6.07) is 0. The van der Waals surface area contributed by atoms with Crippen LogP contribution in [0.25, 0.3) is 0 Å². The summed E-state index contributed by atoms with van der Waals surface area (Å²) >= 11 is 0. The second-order valence-electron chi connectivity index (χ2n) is 3.73. The number of hydroxylamine groups is 2. The van der Waals surface area contributed by atoms with E-state index in [9.17, 15) is 4.39 Å². The Labute approximate surface area is 73.6 Å². The summed E-state index contributed by atoms with van der Waals surface area (Å²) in [6.07, 6.45) is 0.588. The van der Waals surface area contributed by atoms with E-state index in [1.807, 2.05) is 5.06 Å². The number of hydrogen-bond acceptors (Lipinski definition) is 2. The van der Waals surface area contributed by atoms with E-state index >= 15 is 0 Å². The average Bonchev–Trinajstić information content (AvgIpc) is 2.48. The standard InChI is InChI=1S/C9H18FNO/c1-8(2)9-6-11(12-7-9)5-3-4-10/h8-9H,3-7H2,1-2H3. The maximum atomic E-state index is 11.8. The maximum Gasteiger partial charge on any atom is 0.0907 e. The predicted octanol–water partition coefficient (Wildman–Crippen LogP) is 1.87. The fraction of sp³-hybridized carbons (Fsp3) is 1.00. The van der Waals surface area contributed by atoms with Gasteiger partial charge in [-0.05, 0) is 12.3 Å². The molecule has 1 heterocycles. The molecule has 1 aliphatic rings. The van der Waals surface area contributed by atoms with Crippen LogP contribution in [-0.2, 0) is 4.84 Å². The van der Waals surface area contributed by atoms with Crippen LogP contribution in [0.15, 0.2) is 0 Å². The van der Waals surface area contributed by atoms with E-state index in [0.717, 1.165) is 19.7 Å². The van der Waals surface area contributed by atoms with Crippen molar-refractivity contribution in [2.75, 3.05) is 26.4 Å². The molecule has 0 spiro atoms. The third-order valence-electron chi connectivity index (χ3n) is 2.39. The fourth-order valence-electron chi connectivity index (χ4n) is 1.36. The fourth-order valence-corrected chi connectivity index (χ4v) is 1.36. The summed E-state index contributed by atoms with van der Waals surface area (Å²) in [4.78, 5) is 5.40. The van der Waals surface area contributed by atoms with Crippen LogP contribution in [0.1, 0.15) is 20.3 Å². The van der Waals surface area contributed by atoms with Crippen LogP contribution in [0, 0.1) is 11.8 Å². The number of nitrogens with zero attached hydrogens (tertiary/aromatic N) is 1. The van der Waals surface area contributed by atoms with Crippen molar-refractivity contribution in [2.24, 2.45) is 11.8 Å². The first-order chi connectivity index (χ1) is 5.74. The highest BCUT2D eigenvalue weighted by atomic mass is 19.1. The quantitative estimate of drug-likeness (QED) is 0.646. The topological polar surface area (TPSA) is 12.5 Å². The van der Waals surface area contributed by atoms with Crippen molar-refractivity contribution in [3.05, 3.63) is 0 Å². The van der Waals surface area contributed by atoms with Gasteiger partial charge in [-0.1, -0.05) is 13.8 Å². The van der Waals surface area contributed by atoms with Gasteiger partial charge >= 0.3 is 0 Å². The van der Waals surface area contributed by atoms with Crippen LogP contribution in [0.5, 0.6) is 0 Å². The smallest absolute Gasteiger partial charge is 0.0907 e. The molecule has 0 aromatic heterocycles. The van der Waals surface area contributed by atoms with Gasteiger partial charge in [-0.3, -0.25) is 9.23 Å². The van der Waals surface area contributed by atoms with Gasteiger partial charge in [-0.2, -0.15) is 5.06 Å². The predicted molar refractivity (Wildman–Crippen MR) is 46.4 cm³/mol. The molecule has 1 unspecified atom stereocenters. The molecular formula is C9H18FNO. The Bertz CT molecular complexity index is 130. The van der Waals surface area contributed by atoms with Gasteiger partial charge < -0.3 is 0 Å². The van der Waals surface area contributed by atoms with Crippen LogP contribution >= 0.6 is 0 Å².